The quantitative estimate of drug-likeness (QED) is 0.625. The van der Waals surface area contributed by atoms with Gasteiger partial charge in [0.15, 0.2) is 5.78 Å². The lowest BCUT2D eigenvalue weighted by Gasteiger charge is -2.13. The molecule has 0 radical (unpaired) electrons. The van der Waals surface area contributed by atoms with Crippen molar-refractivity contribution in [1.29, 1.82) is 0 Å². The van der Waals surface area contributed by atoms with Crippen LogP contribution in [0.25, 0.3) is 0 Å². The summed E-state index contributed by atoms with van der Waals surface area (Å²) in [6.45, 7) is 2.73. The van der Waals surface area contributed by atoms with Crippen LogP contribution < -0.4 is 0 Å². The van der Waals surface area contributed by atoms with Crippen LogP contribution in [-0.4, -0.2) is 21.6 Å². The molecular formula is C17H17F2NO2S. The third kappa shape index (κ3) is 4.28. The fourth-order valence-corrected chi connectivity index (χ4v) is 2.87. The Morgan fingerprint density at radius 1 is 1.35 bits per heavy atom. The summed E-state index contributed by atoms with van der Waals surface area (Å²) in [5.74, 6) is -2.69. The highest BCUT2D eigenvalue weighted by molar-refractivity contribution is 7.99. The van der Waals surface area contributed by atoms with Gasteiger partial charge >= 0.3 is 0 Å². The smallest absolute Gasteiger partial charge is 0.270 e. The third-order valence-electron chi connectivity index (χ3n) is 3.29. The number of aromatic nitrogens is 1. The largest absolute Gasteiger partial charge is 0.508 e. The number of ketones is 1. The molecule has 0 bridgehead atoms. The number of pyridine rings is 1. The molecule has 1 aromatic heterocycles. The average Bonchev–Trinajstić information content (AvgIpc) is 2.49. The van der Waals surface area contributed by atoms with Gasteiger partial charge in [0.1, 0.15) is 10.8 Å². The maximum absolute atomic E-state index is 13.4. The summed E-state index contributed by atoms with van der Waals surface area (Å²) in [7, 11) is 0. The molecule has 1 heterocycles. The van der Waals surface area contributed by atoms with Gasteiger partial charge in [-0.05, 0) is 36.1 Å². The number of carbonyl (C=O) groups excluding carboxylic acids is 1. The Bertz CT molecular complexity index is 714. The number of thioether (sulfide) groups is 1. The molecule has 0 spiro atoms. The van der Waals surface area contributed by atoms with Gasteiger partial charge in [0.05, 0.1) is 5.56 Å². The second-order valence-corrected chi connectivity index (χ2v) is 6.37. The normalized spacial score (nSPS) is 11.5. The number of rotatable bonds is 6. The molecular weight excluding hydrogens is 320 g/mol. The van der Waals surface area contributed by atoms with Crippen LogP contribution in [0.3, 0.4) is 0 Å². The molecule has 0 aliphatic carbocycles. The summed E-state index contributed by atoms with van der Waals surface area (Å²) in [5, 5.41) is 10.5. The van der Waals surface area contributed by atoms with Crippen LogP contribution in [0.15, 0.2) is 41.6 Å². The molecule has 0 atom stereocenters. The van der Waals surface area contributed by atoms with Gasteiger partial charge in [-0.25, -0.2) is 13.8 Å². The zero-order valence-electron chi connectivity index (χ0n) is 12.8. The summed E-state index contributed by atoms with van der Waals surface area (Å²) in [6.07, 6.45) is 1.45. The van der Waals surface area contributed by atoms with E-state index in [2.05, 4.69) is 4.98 Å². The number of benzene rings is 1. The van der Waals surface area contributed by atoms with Gasteiger partial charge in [0, 0.05) is 30.7 Å². The summed E-state index contributed by atoms with van der Waals surface area (Å²) >= 11 is 1.44. The molecule has 6 heteroatoms. The van der Waals surface area contributed by atoms with E-state index in [1.807, 2.05) is 6.92 Å². The molecule has 3 nitrogen and oxygen atoms in total. The standard InChI is InChI=1S/C17H17F2NO2S/c1-3-23-16-13(5-4-8-20-16)15(22)10-11-9-12(17(2,18)19)6-7-14(11)21/h4-9,21H,3,10H2,1-2H3. The van der Waals surface area contributed by atoms with Crippen molar-refractivity contribution in [3.63, 3.8) is 0 Å². The average molecular weight is 337 g/mol. The first-order chi connectivity index (χ1) is 10.8. The topological polar surface area (TPSA) is 50.2 Å². The Balaban J connectivity index is 2.31. The molecule has 0 amide bonds. The second-order valence-electron chi connectivity index (χ2n) is 5.12. The van der Waals surface area contributed by atoms with Crippen molar-refractivity contribution in [2.75, 3.05) is 5.75 Å². The van der Waals surface area contributed by atoms with Crippen LogP contribution in [-0.2, 0) is 12.3 Å². The molecule has 0 aliphatic rings. The Labute approximate surface area is 137 Å². The van der Waals surface area contributed by atoms with Crippen molar-refractivity contribution in [3.8, 4) is 5.75 Å². The number of phenolic OH excluding ortho intramolecular Hbond substituents is 1. The maximum atomic E-state index is 13.4. The Morgan fingerprint density at radius 2 is 2.09 bits per heavy atom. The number of hydrogen-bond donors (Lipinski definition) is 1. The molecule has 1 N–H and O–H groups in total. The number of nitrogens with zero attached hydrogens (tertiary/aromatic N) is 1. The number of phenols is 1. The van der Waals surface area contributed by atoms with Crippen molar-refractivity contribution in [1.82, 2.24) is 4.98 Å². The van der Waals surface area contributed by atoms with Crippen molar-refractivity contribution in [2.45, 2.75) is 31.2 Å². The molecule has 0 saturated heterocycles. The molecule has 1 aromatic carbocycles. The molecule has 0 fully saturated rings. The predicted molar refractivity (Wildman–Crippen MR) is 86.3 cm³/mol. The monoisotopic (exact) mass is 337 g/mol. The summed E-state index contributed by atoms with van der Waals surface area (Å²) < 4.78 is 26.8. The van der Waals surface area contributed by atoms with E-state index in [1.54, 1.807) is 18.3 Å². The minimum absolute atomic E-state index is 0.154. The second kappa shape index (κ2) is 7.08. The van der Waals surface area contributed by atoms with E-state index >= 15 is 0 Å². The first kappa shape index (κ1) is 17.4. The van der Waals surface area contributed by atoms with Gasteiger partial charge < -0.3 is 5.11 Å². The highest BCUT2D eigenvalue weighted by atomic mass is 32.2. The van der Waals surface area contributed by atoms with Crippen molar-refractivity contribution in [3.05, 3.63) is 53.2 Å². The molecule has 0 aliphatic heterocycles. The Hall–Kier alpha value is -1.95. The lowest BCUT2D eigenvalue weighted by Crippen LogP contribution is -2.10. The third-order valence-corrected chi connectivity index (χ3v) is 4.18. The molecule has 2 aromatic rings. The fourth-order valence-electron chi connectivity index (χ4n) is 2.12. The molecule has 0 unspecified atom stereocenters. The van der Waals surface area contributed by atoms with Gasteiger partial charge in [0.2, 0.25) is 0 Å². The molecule has 2 rings (SSSR count). The van der Waals surface area contributed by atoms with Gasteiger partial charge in [-0.15, -0.1) is 11.8 Å². The summed E-state index contributed by atoms with van der Waals surface area (Å²) in [4.78, 5) is 16.6. The van der Waals surface area contributed by atoms with E-state index in [0.29, 0.717) is 10.6 Å². The number of carbonyl (C=O) groups is 1. The summed E-state index contributed by atoms with van der Waals surface area (Å²) in [6, 6.07) is 6.84. The van der Waals surface area contributed by atoms with Crippen LogP contribution in [0.2, 0.25) is 0 Å². The predicted octanol–water partition coefficient (Wildman–Crippen LogP) is 4.44. The van der Waals surface area contributed by atoms with Gasteiger partial charge in [-0.2, -0.15) is 0 Å². The Morgan fingerprint density at radius 3 is 2.74 bits per heavy atom. The van der Waals surface area contributed by atoms with Gasteiger partial charge in [0.25, 0.3) is 5.92 Å². The van der Waals surface area contributed by atoms with Crippen LogP contribution >= 0.6 is 11.8 Å². The number of aromatic hydroxyl groups is 1. The van der Waals surface area contributed by atoms with E-state index in [9.17, 15) is 18.7 Å². The number of Topliss-reactive ketones (excluding diaryl/α,β-unsaturated/α-hetero) is 1. The molecule has 0 saturated carbocycles. The zero-order valence-corrected chi connectivity index (χ0v) is 13.7. The number of alkyl halides is 2. The highest BCUT2D eigenvalue weighted by Crippen LogP contribution is 2.31. The van der Waals surface area contributed by atoms with Gasteiger partial charge in [-0.1, -0.05) is 6.92 Å². The number of hydrogen-bond acceptors (Lipinski definition) is 4. The highest BCUT2D eigenvalue weighted by Gasteiger charge is 2.25. The first-order valence-corrected chi connectivity index (χ1v) is 8.12. The lowest BCUT2D eigenvalue weighted by atomic mass is 9.99. The van der Waals surface area contributed by atoms with Gasteiger partial charge in [-0.3, -0.25) is 4.79 Å². The van der Waals surface area contributed by atoms with E-state index < -0.39 is 5.92 Å². The fraction of sp³-hybridized carbons (Fsp3) is 0.294. The Kier molecular flexibility index (Phi) is 5.36. The van der Waals surface area contributed by atoms with Crippen LogP contribution in [0.5, 0.6) is 5.75 Å². The van der Waals surface area contributed by atoms with Crippen LogP contribution in [0, 0.1) is 0 Å². The zero-order chi connectivity index (χ0) is 17.0. The van der Waals surface area contributed by atoms with E-state index in [-0.39, 0.29) is 29.1 Å². The van der Waals surface area contributed by atoms with E-state index in [0.717, 1.165) is 18.7 Å². The molecule has 122 valence electrons. The lowest BCUT2D eigenvalue weighted by molar-refractivity contribution is 0.0173. The first-order valence-electron chi connectivity index (χ1n) is 7.14. The van der Waals surface area contributed by atoms with Crippen molar-refractivity contribution < 1.29 is 18.7 Å². The van der Waals surface area contributed by atoms with Crippen molar-refractivity contribution in [2.24, 2.45) is 0 Å². The van der Waals surface area contributed by atoms with Crippen LogP contribution in [0.1, 0.15) is 35.3 Å². The van der Waals surface area contributed by atoms with E-state index in [1.165, 1.54) is 23.9 Å². The molecule has 23 heavy (non-hydrogen) atoms. The number of halogens is 2. The summed E-state index contributed by atoms with van der Waals surface area (Å²) in [5.41, 5.74) is 0.394. The van der Waals surface area contributed by atoms with Crippen molar-refractivity contribution >= 4 is 17.5 Å². The minimum atomic E-state index is -3.02. The van der Waals surface area contributed by atoms with E-state index in [4.69, 9.17) is 0 Å². The van der Waals surface area contributed by atoms with Crippen LogP contribution in [0.4, 0.5) is 8.78 Å². The SMILES string of the molecule is CCSc1ncccc1C(=O)Cc1cc(C(C)(F)F)ccc1O. The minimum Gasteiger partial charge on any atom is -0.508 e. The maximum Gasteiger partial charge on any atom is 0.270 e.